The first-order valence-corrected chi connectivity index (χ1v) is 5.12. The van der Waals surface area contributed by atoms with Crippen LogP contribution in [0.4, 0.5) is 8.78 Å². The van der Waals surface area contributed by atoms with Crippen LogP contribution >= 0.6 is 0 Å². The van der Waals surface area contributed by atoms with Crippen LogP contribution in [0.3, 0.4) is 0 Å². The Morgan fingerprint density at radius 1 is 1.24 bits per heavy atom. The minimum absolute atomic E-state index is 0.106. The molecule has 0 saturated carbocycles. The molecule has 1 aromatic heterocycles. The molecule has 17 heavy (non-hydrogen) atoms. The summed E-state index contributed by atoms with van der Waals surface area (Å²) in [7, 11) is 0. The van der Waals surface area contributed by atoms with Gasteiger partial charge in [0, 0.05) is 11.8 Å². The van der Waals surface area contributed by atoms with Crippen LogP contribution in [-0.2, 0) is 0 Å². The van der Waals surface area contributed by atoms with Gasteiger partial charge < -0.3 is 5.73 Å². The van der Waals surface area contributed by atoms with Gasteiger partial charge in [0.2, 0.25) is 0 Å². The average Bonchev–Trinajstić information content (AvgIpc) is 2.32. The van der Waals surface area contributed by atoms with Gasteiger partial charge in [0.25, 0.3) is 0 Å². The summed E-state index contributed by atoms with van der Waals surface area (Å²) in [6, 6.07) is 4.39. The summed E-state index contributed by atoms with van der Waals surface area (Å²) >= 11 is 0. The highest BCUT2D eigenvalue weighted by molar-refractivity contribution is 5.59. The van der Waals surface area contributed by atoms with Crippen LogP contribution < -0.4 is 5.73 Å². The lowest BCUT2D eigenvalue weighted by molar-refractivity contribution is 0.602. The van der Waals surface area contributed by atoms with Crippen molar-refractivity contribution >= 4 is 0 Å². The Morgan fingerprint density at radius 3 is 2.71 bits per heavy atom. The first-order chi connectivity index (χ1) is 8.08. The third kappa shape index (κ3) is 2.45. The molecule has 1 unspecified atom stereocenters. The Kier molecular flexibility index (Phi) is 3.10. The molecule has 88 valence electrons. The van der Waals surface area contributed by atoms with Crippen molar-refractivity contribution < 1.29 is 8.78 Å². The summed E-state index contributed by atoms with van der Waals surface area (Å²) in [5.74, 6) is -0.644. The lowest BCUT2D eigenvalue weighted by atomic mass is 10.1. The van der Waals surface area contributed by atoms with E-state index < -0.39 is 11.6 Å². The predicted octanol–water partition coefficient (Wildman–Crippen LogP) is 2.44. The molecule has 0 amide bonds. The second-order valence-corrected chi connectivity index (χ2v) is 3.71. The highest BCUT2D eigenvalue weighted by Crippen LogP contribution is 2.22. The van der Waals surface area contributed by atoms with Gasteiger partial charge in [0.15, 0.2) is 0 Å². The quantitative estimate of drug-likeness (QED) is 0.869. The molecule has 0 radical (unpaired) electrons. The van der Waals surface area contributed by atoms with Crippen molar-refractivity contribution in [3.63, 3.8) is 0 Å². The monoisotopic (exact) mass is 235 g/mol. The first-order valence-electron chi connectivity index (χ1n) is 5.12. The van der Waals surface area contributed by atoms with Crippen molar-refractivity contribution in [2.24, 2.45) is 5.73 Å². The van der Waals surface area contributed by atoms with E-state index in [0.717, 1.165) is 18.2 Å². The molecule has 1 heterocycles. The van der Waals surface area contributed by atoms with E-state index in [4.69, 9.17) is 5.73 Å². The molecule has 5 heteroatoms. The fraction of sp³-hybridized carbons (Fsp3) is 0.167. The van der Waals surface area contributed by atoms with Crippen LogP contribution in [0, 0.1) is 11.6 Å². The number of benzene rings is 1. The topological polar surface area (TPSA) is 51.8 Å². The molecule has 0 saturated heterocycles. The van der Waals surface area contributed by atoms with Crippen LogP contribution in [0.25, 0.3) is 11.3 Å². The van der Waals surface area contributed by atoms with Crippen molar-refractivity contribution in [2.75, 3.05) is 0 Å². The summed E-state index contributed by atoms with van der Waals surface area (Å²) in [6.07, 6.45) is 1.48. The van der Waals surface area contributed by atoms with Gasteiger partial charge in [-0.05, 0) is 31.2 Å². The Morgan fingerprint density at radius 2 is 2.00 bits per heavy atom. The van der Waals surface area contributed by atoms with E-state index in [2.05, 4.69) is 9.97 Å². The Balaban J connectivity index is 2.52. The van der Waals surface area contributed by atoms with Gasteiger partial charge in [0.05, 0.1) is 11.7 Å². The lowest BCUT2D eigenvalue weighted by Gasteiger charge is -2.07. The molecule has 0 aliphatic rings. The Labute approximate surface area is 97.3 Å². The molecule has 0 fully saturated rings. The highest BCUT2D eigenvalue weighted by Gasteiger charge is 2.10. The van der Waals surface area contributed by atoms with E-state index in [-0.39, 0.29) is 11.6 Å². The van der Waals surface area contributed by atoms with Crippen molar-refractivity contribution in [1.82, 2.24) is 9.97 Å². The lowest BCUT2D eigenvalue weighted by Crippen LogP contribution is -2.10. The summed E-state index contributed by atoms with van der Waals surface area (Å²) < 4.78 is 26.6. The minimum atomic E-state index is -0.527. The smallest absolute Gasteiger partial charge is 0.145 e. The molecule has 0 bridgehead atoms. The zero-order valence-corrected chi connectivity index (χ0v) is 9.19. The molecule has 2 rings (SSSR count). The maximum absolute atomic E-state index is 13.5. The summed E-state index contributed by atoms with van der Waals surface area (Å²) in [6.45, 7) is 1.72. The molecular weight excluding hydrogens is 224 g/mol. The third-order valence-electron chi connectivity index (χ3n) is 2.29. The van der Waals surface area contributed by atoms with Crippen LogP contribution in [0.2, 0.25) is 0 Å². The Hall–Kier alpha value is -1.88. The molecule has 0 aliphatic heterocycles. The SMILES string of the molecule is CC(N)c1nccc(-c2cc(F)ccc2F)n1. The van der Waals surface area contributed by atoms with Gasteiger partial charge in [-0.15, -0.1) is 0 Å². The molecular formula is C12H11F2N3. The van der Waals surface area contributed by atoms with Gasteiger partial charge in [0.1, 0.15) is 17.5 Å². The fourth-order valence-electron chi connectivity index (χ4n) is 1.44. The van der Waals surface area contributed by atoms with E-state index >= 15 is 0 Å². The van der Waals surface area contributed by atoms with Gasteiger partial charge in [-0.25, -0.2) is 18.7 Å². The molecule has 0 spiro atoms. The molecule has 1 aromatic carbocycles. The zero-order chi connectivity index (χ0) is 12.4. The highest BCUT2D eigenvalue weighted by atomic mass is 19.1. The van der Waals surface area contributed by atoms with Crippen LogP contribution in [0.15, 0.2) is 30.5 Å². The number of hydrogen-bond donors (Lipinski definition) is 1. The van der Waals surface area contributed by atoms with Gasteiger partial charge in [-0.1, -0.05) is 0 Å². The zero-order valence-electron chi connectivity index (χ0n) is 9.19. The van der Waals surface area contributed by atoms with E-state index in [1.165, 1.54) is 12.3 Å². The van der Waals surface area contributed by atoms with E-state index in [9.17, 15) is 8.78 Å². The van der Waals surface area contributed by atoms with Crippen LogP contribution in [-0.4, -0.2) is 9.97 Å². The first kappa shape index (κ1) is 11.6. The second kappa shape index (κ2) is 4.55. The maximum atomic E-state index is 13.5. The van der Waals surface area contributed by atoms with Crippen molar-refractivity contribution in [3.05, 3.63) is 47.9 Å². The van der Waals surface area contributed by atoms with E-state index in [1.54, 1.807) is 6.92 Å². The second-order valence-electron chi connectivity index (χ2n) is 3.71. The molecule has 2 aromatic rings. The fourth-order valence-corrected chi connectivity index (χ4v) is 1.44. The Bertz CT molecular complexity index is 541. The molecule has 0 aliphatic carbocycles. The summed E-state index contributed by atoms with van der Waals surface area (Å²) in [4.78, 5) is 8.07. The normalized spacial score (nSPS) is 12.5. The van der Waals surface area contributed by atoms with Crippen molar-refractivity contribution in [2.45, 2.75) is 13.0 Å². The van der Waals surface area contributed by atoms with E-state index in [0.29, 0.717) is 11.5 Å². The third-order valence-corrected chi connectivity index (χ3v) is 2.29. The predicted molar refractivity (Wildman–Crippen MR) is 60.0 cm³/mol. The average molecular weight is 235 g/mol. The number of halogens is 2. The number of rotatable bonds is 2. The standard InChI is InChI=1S/C12H11F2N3/c1-7(15)12-16-5-4-11(17-12)9-6-8(13)2-3-10(9)14/h2-7H,15H2,1H3. The van der Waals surface area contributed by atoms with Gasteiger partial charge >= 0.3 is 0 Å². The molecule has 3 nitrogen and oxygen atoms in total. The minimum Gasteiger partial charge on any atom is -0.322 e. The van der Waals surface area contributed by atoms with E-state index in [1.807, 2.05) is 0 Å². The molecule has 1 atom stereocenters. The number of nitrogens with two attached hydrogens (primary N) is 1. The van der Waals surface area contributed by atoms with Crippen LogP contribution in [0.1, 0.15) is 18.8 Å². The number of nitrogens with zero attached hydrogens (tertiary/aromatic N) is 2. The van der Waals surface area contributed by atoms with Gasteiger partial charge in [-0.3, -0.25) is 0 Å². The number of hydrogen-bond acceptors (Lipinski definition) is 3. The molecule has 2 N–H and O–H groups in total. The summed E-state index contributed by atoms with van der Waals surface area (Å²) in [5, 5.41) is 0. The largest absolute Gasteiger partial charge is 0.322 e. The summed E-state index contributed by atoms with van der Waals surface area (Å²) in [5.41, 5.74) is 6.07. The number of aromatic nitrogens is 2. The van der Waals surface area contributed by atoms with Crippen molar-refractivity contribution in [3.8, 4) is 11.3 Å². The maximum Gasteiger partial charge on any atom is 0.145 e. The van der Waals surface area contributed by atoms with Crippen LogP contribution in [0.5, 0.6) is 0 Å². The van der Waals surface area contributed by atoms with Crippen molar-refractivity contribution in [1.29, 1.82) is 0 Å². The van der Waals surface area contributed by atoms with Gasteiger partial charge in [-0.2, -0.15) is 0 Å².